The van der Waals surface area contributed by atoms with Crippen molar-refractivity contribution in [1.82, 2.24) is 25.0 Å². The summed E-state index contributed by atoms with van der Waals surface area (Å²) >= 11 is 0. The van der Waals surface area contributed by atoms with Crippen LogP contribution in [0.3, 0.4) is 0 Å². The van der Waals surface area contributed by atoms with E-state index in [1.54, 1.807) is 0 Å². The molecule has 4 rings (SSSR count). The van der Waals surface area contributed by atoms with Crippen molar-refractivity contribution in [3.05, 3.63) is 47.8 Å². The zero-order valence-corrected chi connectivity index (χ0v) is 15.3. The summed E-state index contributed by atoms with van der Waals surface area (Å²) in [5.41, 5.74) is -0.244. The maximum atomic E-state index is 12.7. The van der Waals surface area contributed by atoms with Gasteiger partial charge < -0.3 is 4.90 Å². The molecule has 1 aromatic carbocycles. The smallest absolute Gasteiger partial charge is 0.340 e. The number of nitrogens with zero attached hydrogens (tertiary/aromatic N) is 5. The topological polar surface area (TPSA) is 91.7 Å². The zero-order chi connectivity index (χ0) is 20.4. The summed E-state index contributed by atoms with van der Waals surface area (Å²) in [6.45, 7) is 1.77. The van der Waals surface area contributed by atoms with Gasteiger partial charge in [0, 0.05) is 24.8 Å². The number of nitrogens with one attached hydrogen (secondary N) is 2. The highest BCUT2D eigenvalue weighted by molar-refractivity contribution is 6.03. The van der Waals surface area contributed by atoms with Crippen LogP contribution >= 0.6 is 0 Å². The Balaban J connectivity index is 1.42. The summed E-state index contributed by atoms with van der Waals surface area (Å²) in [6, 6.07) is 6.93. The number of piperidine rings is 1. The van der Waals surface area contributed by atoms with Gasteiger partial charge in [-0.3, -0.25) is 10.1 Å². The van der Waals surface area contributed by atoms with E-state index in [4.69, 9.17) is 0 Å². The Kier molecular flexibility index (Phi) is 4.95. The maximum Gasteiger partial charge on any atom is 0.435 e. The Morgan fingerprint density at radius 3 is 2.45 bits per heavy atom. The molecular formula is C18H18F3N7O. The molecule has 8 nitrogen and oxygen atoms in total. The molecule has 0 radical (unpaired) electrons. The van der Waals surface area contributed by atoms with Gasteiger partial charge in [-0.25, -0.2) is 9.78 Å². The number of aromatic nitrogens is 5. The van der Waals surface area contributed by atoms with Gasteiger partial charge in [0.1, 0.15) is 0 Å². The van der Waals surface area contributed by atoms with Gasteiger partial charge >= 0.3 is 6.18 Å². The molecule has 3 aromatic rings. The van der Waals surface area contributed by atoms with Crippen LogP contribution < -0.4 is 10.2 Å². The van der Waals surface area contributed by atoms with E-state index in [2.05, 4.69) is 30.5 Å². The molecule has 152 valence electrons. The molecule has 0 bridgehead atoms. The van der Waals surface area contributed by atoms with Crippen LogP contribution in [0.2, 0.25) is 0 Å². The molecule has 0 atom stereocenters. The fourth-order valence-corrected chi connectivity index (χ4v) is 3.11. The Morgan fingerprint density at radius 2 is 1.79 bits per heavy atom. The number of carbonyl (C=O) groups excluding carboxylic acids is 1. The fraction of sp³-hybridized carbons (Fsp3) is 0.333. The standard InChI is InChI=1S/C18H18F3N7O/c19-18(20,21)14-8-11-28(26-14)13-6-4-12(5-7-13)15(29)22-16-23-17(25-24-16)27-9-2-1-3-10-27/h4-8,11H,1-3,9-10H2,(H2,22,23,24,25,29). The molecule has 1 aliphatic rings. The largest absolute Gasteiger partial charge is 0.435 e. The van der Waals surface area contributed by atoms with E-state index in [9.17, 15) is 18.0 Å². The van der Waals surface area contributed by atoms with Gasteiger partial charge in [0.05, 0.1) is 5.69 Å². The Bertz CT molecular complexity index is 988. The average molecular weight is 405 g/mol. The van der Waals surface area contributed by atoms with Crippen LogP contribution in [0.1, 0.15) is 35.3 Å². The van der Waals surface area contributed by atoms with Gasteiger partial charge in [-0.15, -0.1) is 5.10 Å². The van der Waals surface area contributed by atoms with E-state index in [1.807, 2.05) is 0 Å². The number of rotatable bonds is 4. The van der Waals surface area contributed by atoms with Crippen LogP contribution in [0, 0.1) is 0 Å². The lowest BCUT2D eigenvalue weighted by Gasteiger charge is -2.24. The van der Waals surface area contributed by atoms with Gasteiger partial charge in [0.2, 0.25) is 11.9 Å². The molecule has 1 amide bonds. The number of amides is 1. The average Bonchev–Trinajstić information content (AvgIpc) is 3.38. The van der Waals surface area contributed by atoms with E-state index in [-0.39, 0.29) is 5.95 Å². The highest BCUT2D eigenvalue weighted by Gasteiger charge is 2.33. The summed E-state index contributed by atoms with van der Waals surface area (Å²) in [4.78, 5) is 18.8. The fourth-order valence-electron chi connectivity index (χ4n) is 3.11. The van der Waals surface area contributed by atoms with Crippen LogP contribution in [-0.4, -0.2) is 44.0 Å². The first kappa shape index (κ1) is 19.0. The molecule has 1 fully saturated rings. The van der Waals surface area contributed by atoms with Gasteiger partial charge in [0.25, 0.3) is 5.91 Å². The van der Waals surface area contributed by atoms with E-state index < -0.39 is 17.8 Å². The van der Waals surface area contributed by atoms with Crippen molar-refractivity contribution in [3.63, 3.8) is 0 Å². The molecule has 1 saturated heterocycles. The first-order valence-corrected chi connectivity index (χ1v) is 9.12. The number of carbonyl (C=O) groups is 1. The van der Waals surface area contributed by atoms with E-state index in [0.717, 1.165) is 36.7 Å². The van der Waals surface area contributed by atoms with Crippen LogP contribution in [-0.2, 0) is 6.18 Å². The first-order chi connectivity index (χ1) is 13.9. The van der Waals surface area contributed by atoms with Crippen molar-refractivity contribution in [2.75, 3.05) is 23.3 Å². The third kappa shape index (κ3) is 4.23. The van der Waals surface area contributed by atoms with Crippen LogP contribution in [0.15, 0.2) is 36.5 Å². The van der Waals surface area contributed by atoms with Gasteiger partial charge in [-0.2, -0.15) is 23.3 Å². The molecular weight excluding hydrogens is 387 g/mol. The normalized spacial score (nSPS) is 14.8. The second-order valence-corrected chi connectivity index (χ2v) is 6.68. The number of anilines is 2. The third-order valence-electron chi connectivity index (χ3n) is 4.62. The second-order valence-electron chi connectivity index (χ2n) is 6.68. The highest BCUT2D eigenvalue weighted by atomic mass is 19.4. The lowest BCUT2D eigenvalue weighted by Crippen LogP contribution is -2.30. The molecule has 29 heavy (non-hydrogen) atoms. The van der Waals surface area contributed by atoms with E-state index >= 15 is 0 Å². The minimum Gasteiger partial charge on any atom is -0.340 e. The number of hydrogen-bond acceptors (Lipinski definition) is 5. The molecule has 0 saturated carbocycles. The molecule has 0 aliphatic carbocycles. The van der Waals surface area contributed by atoms with Gasteiger partial charge in [0.15, 0.2) is 5.69 Å². The number of aromatic amines is 1. The van der Waals surface area contributed by atoms with Crippen molar-refractivity contribution in [1.29, 1.82) is 0 Å². The summed E-state index contributed by atoms with van der Waals surface area (Å²) in [5, 5.41) is 13.0. The first-order valence-electron chi connectivity index (χ1n) is 9.12. The SMILES string of the molecule is O=C(Nc1nc(N2CCCCC2)n[nH]1)c1ccc(-n2ccc(C(F)(F)F)n2)cc1. The Hall–Kier alpha value is -3.37. The predicted octanol–water partition coefficient (Wildman–Crippen LogP) is 3.25. The summed E-state index contributed by atoms with van der Waals surface area (Å²) < 4.78 is 39.1. The third-order valence-corrected chi connectivity index (χ3v) is 4.62. The van der Waals surface area contributed by atoms with Gasteiger partial charge in [-0.05, 0) is 49.6 Å². The maximum absolute atomic E-state index is 12.7. The van der Waals surface area contributed by atoms with Crippen molar-refractivity contribution in [2.45, 2.75) is 25.4 Å². The van der Waals surface area contributed by atoms with Gasteiger partial charge in [-0.1, -0.05) is 0 Å². The van der Waals surface area contributed by atoms with Crippen LogP contribution in [0.5, 0.6) is 0 Å². The highest BCUT2D eigenvalue weighted by Crippen LogP contribution is 2.28. The number of alkyl halides is 3. The predicted molar refractivity (Wildman–Crippen MR) is 99.0 cm³/mol. The molecule has 0 spiro atoms. The summed E-state index contributed by atoms with van der Waals surface area (Å²) in [7, 11) is 0. The second kappa shape index (κ2) is 7.57. The van der Waals surface area contributed by atoms with E-state index in [0.29, 0.717) is 17.2 Å². The van der Waals surface area contributed by atoms with Crippen molar-refractivity contribution >= 4 is 17.8 Å². The monoisotopic (exact) mass is 405 g/mol. The lowest BCUT2D eigenvalue weighted by atomic mass is 10.1. The van der Waals surface area contributed by atoms with Crippen LogP contribution in [0.4, 0.5) is 25.1 Å². The number of benzene rings is 1. The number of hydrogen-bond donors (Lipinski definition) is 2. The summed E-state index contributed by atoms with van der Waals surface area (Å²) in [6.07, 6.45) is 0.0763. The van der Waals surface area contributed by atoms with E-state index in [1.165, 1.54) is 36.9 Å². The Labute approximate surface area is 163 Å². The molecule has 3 heterocycles. The quantitative estimate of drug-likeness (QED) is 0.695. The molecule has 0 unspecified atom stereocenters. The minimum absolute atomic E-state index is 0.238. The zero-order valence-electron chi connectivity index (χ0n) is 15.3. The molecule has 2 aromatic heterocycles. The number of H-pyrrole nitrogens is 1. The minimum atomic E-state index is -4.50. The van der Waals surface area contributed by atoms with Crippen LogP contribution in [0.25, 0.3) is 5.69 Å². The molecule has 2 N–H and O–H groups in total. The number of halogens is 3. The molecule has 11 heteroatoms. The Morgan fingerprint density at radius 1 is 1.07 bits per heavy atom. The molecule has 1 aliphatic heterocycles. The van der Waals surface area contributed by atoms with Crippen molar-refractivity contribution in [3.8, 4) is 5.69 Å². The lowest BCUT2D eigenvalue weighted by molar-refractivity contribution is -0.141. The summed E-state index contributed by atoms with van der Waals surface area (Å²) in [5.74, 6) is 0.380. The van der Waals surface area contributed by atoms with Crippen molar-refractivity contribution in [2.24, 2.45) is 0 Å². The van der Waals surface area contributed by atoms with Crippen molar-refractivity contribution < 1.29 is 18.0 Å².